The Hall–Kier alpha value is -1.46. The predicted molar refractivity (Wildman–Crippen MR) is 89.3 cm³/mol. The SMILES string of the molecule is CCCCNC(=O)NC1(C2CCN(C(=O)OC(C)(C)C)C2)CC1. The summed E-state index contributed by atoms with van der Waals surface area (Å²) >= 11 is 0. The number of hydrogen-bond donors (Lipinski definition) is 2. The lowest BCUT2D eigenvalue weighted by atomic mass is 9.96. The number of likely N-dealkylation sites (tertiary alicyclic amines) is 1. The molecule has 1 heterocycles. The fourth-order valence-electron chi connectivity index (χ4n) is 3.12. The van der Waals surface area contributed by atoms with E-state index < -0.39 is 5.60 Å². The smallest absolute Gasteiger partial charge is 0.410 e. The number of hydrogen-bond acceptors (Lipinski definition) is 3. The molecule has 0 bridgehead atoms. The summed E-state index contributed by atoms with van der Waals surface area (Å²) in [6, 6.07) is -0.0772. The Balaban J connectivity index is 1.81. The molecule has 2 aliphatic rings. The molecule has 0 radical (unpaired) electrons. The van der Waals surface area contributed by atoms with E-state index in [1.165, 1.54) is 0 Å². The van der Waals surface area contributed by atoms with Crippen LogP contribution in [0, 0.1) is 5.92 Å². The summed E-state index contributed by atoms with van der Waals surface area (Å²) in [6.07, 6.45) is 4.74. The number of carbonyl (C=O) groups is 2. The van der Waals surface area contributed by atoms with Gasteiger partial charge in [-0.25, -0.2) is 9.59 Å². The number of amides is 3. The molecule has 2 rings (SSSR count). The van der Waals surface area contributed by atoms with E-state index in [0.717, 1.165) is 32.1 Å². The maximum Gasteiger partial charge on any atom is 0.410 e. The number of ether oxygens (including phenoxy) is 1. The molecule has 0 spiro atoms. The molecule has 0 aromatic rings. The fraction of sp³-hybridized carbons (Fsp3) is 0.882. The second-order valence-corrected chi connectivity index (χ2v) is 7.80. The molecular weight excluding hydrogens is 294 g/mol. The first-order valence-electron chi connectivity index (χ1n) is 8.80. The van der Waals surface area contributed by atoms with Crippen LogP contribution in [0.4, 0.5) is 9.59 Å². The van der Waals surface area contributed by atoms with Crippen LogP contribution in [0.15, 0.2) is 0 Å². The Morgan fingerprint density at radius 3 is 2.57 bits per heavy atom. The van der Waals surface area contributed by atoms with Crippen molar-refractivity contribution in [1.82, 2.24) is 15.5 Å². The molecule has 23 heavy (non-hydrogen) atoms. The third kappa shape index (κ3) is 5.01. The zero-order valence-electron chi connectivity index (χ0n) is 14.9. The van der Waals surface area contributed by atoms with Gasteiger partial charge in [-0.2, -0.15) is 0 Å². The van der Waals surface area contributed by atoms with Crippen molar-refractivity contribution in [3.63, 3.8) is 0 Å². The minimum absolute atomic E-state index is 0.0772. The van der Waals surface area contributed by atoms with Crippen molar-refractivity contribution in [3.8, 4) is 0 Å². The highest BCUT2D eigenvalue weighted by atomic mass is 16.6. The van der Waals surface area contributed by atoms with Crippen LogP contribution in [0.2, 0.25) is 0 Å². The van der Waals surface area contributed by atoms with E-state index in [1.807, 2.05) is 20.8 Å². The van der Waals surface area contributed by atoms with Crippen molar-refractivity contribution < 1.29 is 14.3 Å². The van der Waals surface area contributed by atoms with Gasteiger partial charge in [0.1, 0.15) is 5.60 Å². The van der Waals surface area contributed by atoms with Crippen molar-refractivity contribution in [2.24, 2.45) is 5.92 Å². The summed E-state index contributed by atoms with van der Waals surface area (Å²) in [7, 11) is 0. The number of urea groups is 1. The minimum atomic E-state index is -0.468. The lowest BCUT2D eigenvalue weighted by molar-refractivity contribution is 0.0285. The molecule has 0 aromatic carbocycles. The highest BCUT2D eigenvalue weighted by molar-refractivity contribution is 5.75. The van der Waals surface area contributed by atoms with Crippen molar-refractivity contribution in [2.45, 2.75) is 70.9 Å². The van der Waals surface area contributed by atoms with E-state index in [0.29, 0.717) is 25.6 Å². The van der Waals surface area contributed by atoms with Gasteiger partial charge in [-0.05, 0) is 46.5 Å². The normalized spacial score (nSPS) is 22.6. The zero-order valence-corrected chi connectivity index (χ0v) is 14.9. The molecule has 6 heteroatoms. The molecule has 1 unspecified atom stereocenters. The molecule has 1 aliphatic carbocycles. The maximum atomic E-state index is 12.2. The molecule has 1 atom stereocenters. The molecule has 132 valence electrons. The fourth-order valence-corrected chi connectivity index (χ4v) is 3.12. The first-order chi connectivity index (χ1) is 10.8. The third-order valence-corrected chi connectivity index (χ3v) is 4.59. The number of nitrogens with one attached hydrogen (secondary N) is 2. The Kier molecular flexibility index (Phi) is 5.42. The molecule has 3 amide bonds. The van der Waals surface area contributed by atoms with Gasteiger partial charge in [0.25, 0.3) is 0 Å². The van der Waals surface area contributed by atoms with Crippen LogP contribution in [-0.2, 0) is 4.74 Å². The number of nitrogens with zero attached hydrogens (tertiary/aromatic N) is 1. The first-order valence-corrected chi connectivity index (χ1v) is 8.80. The molecule has 6 nitrogen and oxygen atoms in total. The molecule has 2 N–H and O–H groups in total. The van der Waals surface area contributed by atoms with Crippen molar-refractivity contribution in [2.75, 3.05) is 19.6 Å². The Morgan fingerprint density at radius 1 is 1.30 bits per heavy atom. The van der Waals surface area contributed by atoms with Gasteiger partial charge < -0.3 is 20.3 Å². The highest BCUT2D eigenvalue weighted by Gasteiger charge is 2.53. The number of rotatable bonds is 5. The summed E-state index contributed by atoms with van der Waals surface area (Å²) in [5, 5.41) is 6.06. The van der Waals surface area contributed by atoms with E-state index >= 15 is 0 Å². The van der Waals surface area contributed by atoms with E-state index in [2.05, 4.69) is 17.6 Å². The van der Waals surface area contributed by atoms with Gasteiger partial charge in [-0.1, -0.05) is 13.3 Å². The molecular formula is C17H31N3O3. The second kappa shape index (κ2) is 6.97. The second-order valence-electron chi connectivity index (χ2n) is 7.80. The third-order valence-electron chi connectivity index (χ3n) is 4.59. The molecule has 1 saturated heterocycles. The summed E-state index contributed by atoms with van der Waals surface area (Å²) in [5.41, 5.74) is -0.586. The molecule has 0 aromatic heterocycles. The molecule has 1 aliphatic heterocycles. The Bertz CT molecular complexity index is 441. The minimum Gasteiger partial charge on any atom is -0.444 e. The standard InChI is InChI=1S/C17H31N3O3/c1-5-6-10-18-14(21)19-17(8-9-17)13-7-11-20(12-13)15(22)23-16(2,3)4/h13H,5-12H2,1-4H3,(H2,18,19,21). The van der Waals surface area contributed by atoms with Gasteiger partial charge in [-0.3, -0.25) is 0 Å². The molecule has 2 fully saturated rings. The number of carbonyl (C=O) groups excluding carboxylic acids is 2. The zero-order chi connectivity index (χ0) is 17.1. The van der Waals surface area contributed by atoms with Crippen molar-refractivity contribution in [1.29, 1.82) is 0 Å². The van der Waals surface area contributed by atoms with Crippen molar-refractivity contribution in [3.05, 3.63) is 0 Å². The van der Waals surface area contributed by atoms with Gasteiger partial charge in [0, 0.05) is 31.1 Å². The lowest BCUT2D eigenvalue weighted by Gasteiger charge is -2.26. The number of unbranched alkanes of at least 4 members (excludes halogenated alkanes) is 1. The van der Waals surface area contributed by atoms with Crippen LogP contribution in [0.3, 0.4) is 0 Å². The van der Waals surface area contributed by atoms with Crippen LogP contribution < -0.4 is 10.6 Å². The van der Waals surface area contributed by atoms with E-state index in [9.17, 15) is 9.59 Å². The van der Waals surface area contributed by atoms with E-state index in [4.69, 9.17) is 4.74 Å². The largest absolute Gasteiger partial charge is 0.444 e. The predicted octanol–water partition coefficient (Wildman–Crippen LogP) is 2.88. The average molecular weight is 325 g/mol. The lowest BCUT2D eigenvalue weighted by Crippen LogP contribution is -2.48. The monoisotopic (exact) mass is 325 g/mol. The van der Waals surface area contributed by atoms with E-state index in [1.54, 1.807) is 4.90 Å². The van der Waals surface area contributed by atoms with Gasteiger partial charge in [-0.15, -0.1) is 0 Å². The van der Waals surface area contributed by atoms with Gasteiger partial charge in [0.2, 0.25) is 0 Å². The average Bonchev–Trinajstić information content (AvgIpc) is 3.02. The Labute approximate surface area is 139 Å². The summed E-state index contributed by atoms with van der Waals surface area (Å²) in [6.45, 7) is 9.83. The van der Waals surface area contributed by atoms with Crippen LogP contribution in [0.1, 0.15) is 59.8 Å². The van der Waals surface area contributed by atoms with Crippen LogP contribution in [0.25, 0.3) is 0 Å². The summed E-state index contributed by atoms with van der Waals surface area (Å²) < 4.78 is 5.44. The van der Waals surface area contributed by atoms with Gasteiger partial charge >= 0.3 is 12.1 Å². The van der Waals surface area contributed by atoms with Crippen molar-refractivity contribution >= 4 is 12.1 Å². The van der Waals surface area contributed by atoms with Gasteiger partial charge in [0.05, 0.1) is 0 Å². The highest BCUT2D eigenvalue weighted by Crippen LogP contribution is 2.46. The first kappa shape index (κ1) is 17.9. The maximum absolute atomic E-state index is 12.2. The van der Waals surface area contributed by atoms with Crippen LogP contribution >= 0.6 is 0 Å². The van der Waals surface area contributed by atoms with Crippen LogP contribution in [0.5, 0.6) is 0 Å². The van der Waals surface area contributed by atoms with Crippen LogP contribution in [-0.4, -0.2) is 47.8 Å². The Morgan fingerprint density at radius 2 is 2.00 bits per heavy atom. The quantitative estimate of drug-likeness (QED) is 0.764. The van der Waals surface area contributed by atoms with E-state index in [-0.39, 0.29) is 17.7 Å². The molecule has 1 saturated carbocycles. The van der Waals surface area contributed by atoms with Gasteiger partial charge in [0.15, 0.2) is 0 Å². The summed E-state index contributed by atoms with van der Waals surface area (Å²) in [5.74, 6) is 0.326. The topological polar surface area (TPSA) is 70.7 Å². The summed E-state index contributed by atoms with van der Waals surface area (Å²) in [4.78, 5) is 25.9.